The number of rotatable bonds is 1. The number of fused-ring (bicyclic) bond motifs is 3. The first-order valence-corrected chi connectivity index (χ1v) is 13.2. The number of halogens is 1. The van der Waals surface area contributed by atoms with E-state index in [1.54, 1.807) is 17.2 Å². The Hall–Kier alpha value is -3.00. The number of anilines is 1. The molecule has 0 spiro atoms. The number of likely N-dealkylation sites (tertiary alicyclic amines) is 1. The Kier molecular flexibility index (Phi) is 8.24. The largest absolute Gasteiger partial charge is 0.369 e. The Morgan fingerprint density at radius 3 is 2.56 bits per heavy atom. The minimum Gasteiger partial charge on any atom is -0.369 e. The average Bonchev–Trinajstić information content (AvgIpc) is 3.40. The van der Waals surface area contributed by atoms with Gasteiger partial charge < -0.3 is 24.9 Å². The molecule has 2 bridgehead atoms. The van der Waals surface area contributed by atoms with Gasteiger partial charge in [0.05, 0.1) is 16.6 Å². The van der Waals surface area contributed by atoms with Crippen LogP contribution < -0.4 is 5.32 Å². The van der Waals surface area contributed by atoms with Crippen molar-refractivity contribution in [1.82, 2.24) is 24.6 Å². The Morgan fingerprint density at radius 2 is 1.83 bits per heavy atom. The van der Waals surface area contributed by atoms with Crippen molar-refractivity contribution in [1.29, 1.82) is 0 Å². The monoisotopic (exact) mass is 511 g/mol. The van der Waals surface area contributed by atoms with Crippen molar-refractivity contribution in [2.24, 2.45) is 4.99 Å². The van der Waals surface area contributed by atoms with E-state index >= 15 is 0 Å². The van der Waals surface area contributed by atoms with Gasteiger partial charge in [0.15, 0.2) is 0 Å². The summed E-state index contributed by atoms with van der Waals surface area (Å²) in [4.78, 5) is 31.6. The van der Waals surface area contributed by atoms with Crippen molar-refractivity contribution in [3.05, 3.63) is 58.8 Å². The quantitative estimate of drug-likeness (QED) is 0.602. The molecular formula is C27H38ClN7O. The van der Waals surface area contributed by atoms with Gasteiger partial charge in [-0.25, -0.2) is 9.98 Å². The summed E-state index contributed by atoms with van der Waals surface area (Å²) < 4.78 is 0. The zero-order valence-corrected chi connectivity index (χ0v) is 22.7. The minimum atomic E-state index is -0.198. The van der Waals surface area contributed by atoms with Gasteiger partial charge in [0.2, 0.25) is 0 Å². The Labute approximate surface area is 220 Å². The maximum Gasteiger partial charge on any atom is 0.257 e. The molecule has 1 aromatic heterocycles. The summed E-state index contributed by atoms with van der Waals surface area (Å²) in [6, 6.07) is 1.50. The van der Waals surface area contributed by atoms with Crippen LogP contribution >= 0.6 is 11.6 Å². The van der Waals surface area contributed by atoms with E-state index in [2.05, 4.69) is 58.7 Å². The molecule has 9 heteroatoms. The summed E-state index contributed by atoms with van der Waals surface area (Å²) in [7, 11) is 6.01. The second-order valence-corrected chi connectivity index (χ2v) is 10.2. The summed E-state index contributed by atoms with van der Waals surface area (Å²) in [5.74, 6) is 3.38. The molecule has 1 fully saturated rings. The molecule has 0 radical (unpaired) electrons. The molecule has 0 saturated carbocycles. The van der Waals surface area contributed by atoms with Crippen molar-refractivity contribution in [3.63, 3.8) is 0 Å². The van der Waals surface area contributed by atoms with Gasteiger partial charge >= 0.3 is 0 Å². The number of carbonyl (C=O) groups is 1. The first-order chi connectivity index (χ1) is 17.3. The Balaban J connectivity index is 1.74. The van der Waals surface area contributed by atoms with Gasteiger partial charge in [-0.2, -0.15) is 0 Å². The lowest BCUT2D eigenvalue weighted by Gasteiger charge is -2.36. The number of hydrogen-bond acceptors (Lipinski definition) is 7. The lowest BCUT2D eigenvalue weighted by molar-refractivity contribution is 0.0753. The second kappa shape index (κ2) is 11.4. The van der Waals surface area contributed by atoms with Gasteiger partial charge in [0, 0.05) is 59.6 Å². The van der Waals surface area contributed by atoms with Crippen LogP contribution in [0.5, 0.6) is 0 Å². The molecule has 0 aromatic carbocycles. The van der Waals surface area contributed by atoms with Gasteiger partial charge in [-0.3, -0.25) is 4.79 Å². The van der Waals surface area contributed by atoms with E-state index in [0.29, 0.717) is 16.4 Å². The summed E-state index contributed by atoms with van der Waals surface area (Å²) >= 11 is 6.24. The van der Waals surface area contributed by atoms with Crippen LogP contribution in [0.4, 0.5) is 5.82 Å². The number of aliphatic imine (C=N–C) groups is 1. The van der Waals surface area contributed by atoms with Crippen molar-refractivity contribution in [2.45, 2.75) is 45.1 Å². The fourth-order valence-corrected chi connectivity index (χ4v) is 5.23. The van der Waals surface area contributed by atoms with E-state index in [1.165, 1.54) is 12.8 Å². The first kappa shape index (κ1) is 26.1. The molecule has 194 valence electrons. The molecule has 1 atom stereocenters. The molecule has 3 aliphatic heterocycles. The fraction of sp³-hybridized carbons (Fsp3) is 0.519. The number of pyridine rings is 1. The number of nitrogens with zero attached hydrogens (tertiary/aromatic N) is 6. The molecule has 1 amide bonds. The van der Waals surface area contributed by atoms with Gasteiger partial charge in [-0.15, -0.1) is 0 Å². The number of amidine groups is 1. The normalized spacial score (nSPS) is 23.6. The van der Waals surface area contributed by atoms with Gasteiger partial charge in [-0.05, 0) is 49.8 Å². The average molecular weight is 512 g/mol. The number of aromatic nitrogens is 1. The summed E-state index contributed by atoms with van der Waals surface area (Å²) in [6.07, 6.45) is 10.8. The lowest BCUT2D eigenvalue weighted by atomic mass is 10.0. The fourth-order valence-electron chi connectivity index (χ4n) is 5.07. The molecule has 0 aliphatic carbocycles. The highest BCUT2D eigenvalue weighted by Crippen LogP contribution is 2.27. The second-order valence-electron chi connectivity index (χ2n) is 9.75. The van der Waals surface area contributed by atoms with E-state index in [4.69, 9.17) is 16.6 Å². The third-order valence-electron chi connectivity index (χ3n) is 7.21. The maximum absolute atomic E-state index is 13.6. The maximum atomic E-state index is 13.6. The first-order valence-electron chi connectivity index (χ1n) is 12.9. The predicted octanol–water partition coefficient (Wildman–Crippen LogP) is 4.40. The minimum absolute atomic E-state index is 0.135. The van der Waals surface area contributed by atoms with Crippen LogP contribution in [0.2, 0.25) is 5.02 Å². The summed E-state index contributed by atoms with van der Waals surface area (Å²) in [6.45, 7) is 10.1. The molecule has 3 aliphatic rings. The molecule has 4 heterocycles. The van der Waals surface area contributed by atoms with Gasteiger partial charge in [-0.1, -0.05) is 25.1 Å². The van der Waals surface area contributed by atoms with Crippen LogP contribution in [-0.4, -0.2) is 89.7 Å². The molecule has 8 nitrogen and oxygen atoms in total. The molecule has 1 saturated heterocycles. The molecule has 36 heavy (non-hydrogen) atoms. The van der Waals surface area contributed by atoms with Crippen molar-refractivity contribution >= 4 is 29.2 Å². The van der Waals surface area contributed by atoms with E-state index in [9.17, 15) is 4.79 Å². The molecule has 4 rings (SSSR count). The highest BCUT2D eigenvalue weighted by Gasteiger charge is 2.28. The predicted molar refractivity (Wildman–Crippen MR) is 147 cm³/mol. The molecule has 1 unspecified atom stereocenters. The molecular weight excluding hydrogens is 474 g/mol. The van der Waals surface area contributed by atoms with Gasteiger partial charge in [0.25, 0.3) is 5.91 Å². The number of carbonyl (C=O) groups excluding carboxylic acids is 1. The van der Waals surface area contributed by atoms with E-state index < -0.39 is 0 Å². The van der Waals surface area contributed by atoms with E-state index in [1.807, 2.05) is 13.1 Å². The van der Waals surface area contributed by atoms with Crippen molar-refractivity contribution < 1.29 is 4.79 Å². The molecule has 1 N–H and O–H groups in total. The zero-order chi connectivity index (χ0) is 25.8. The van der Waals surface area contributed by atoms with Crippen LogP contribution in [0.1, 0.15) is 49.4 Å². The van der Waals surface area contributed by atoms with Crippen molar-refractivity contribution in [3.8, 4) is 0 Å². The Bertz CT molecular complexity index is 1090. The number of likely N-dealkylation sites (N-methyl/N-ethyl adjacent to an activating group) is 1. The Morgan fingerprint density at radius 1 is 1.11 bits per heavy atom. The number of nitrogens with one attached hydrogen (secondary N) is 1. The highest BCUT2D eigenvalue weighted by atomic mass is 35.5. The lowest BCUT2D eigenvalue weighted by Crippen LogP contribution is -2.39. The third-order valence-corrected chi connectivity index (χ3v) is 7.42. The van der Waals surface area contributed by atoms with Crippen molar-refractivity contribution in [2.75, 3.05) is 52.6 Å². The van der Waals surface area contributed by atoms with Crippen LogP contribution in [-0.2, 0) is 0 Å². The van der Waals surface area contributed by atoms with Crippen LogP contribution in [0.15, 0.2) is 53.2 Å². The number of hydrogen-bond donors (Lipinski definition) is 1. The standard InChI is InChI=1S/C27H38ClN7O/c1-6-22-19(2)15-23-31-24(35-13-9-10-14-35)17-25(34(23)5)32(3)12-8-7-11-29-26-21(27(36)33(22)4)16-20(28)18-30-26/h15-18,22H,2,6-14H2,1,3-5H3,(H,29,30)/b23-15-. The number of amides is 1. The SMILES string of the molecule is C=C1/C=C2/N=C(N3CCCC3)C=C(N(C)CCCCNc3ncc(Cl)cc3C(=O)N(C)C1CC)N2C. The smallest absolute Gasteiger partial charge is 0.257 e. The topological polar surface area (TPSA) is 67.3 Å². The van der Waals surface area contributed by atoms with E-state index in [0.717, 1.165) is 68.5 Å². The zero-order valence-electron chi connectivity index (χ0n) is 21.9. The summed E-state index contributed by atoms with van der Waals surface area (Å²) in [5.41, 5.74) is 1.31. The van der Waals surface area contributed by atoms with Gasteiger partial charge in [0.1, 0.15) is 23.3 Å². The highest BCUT2D eigenvalue weighted by molar-refractivity contribution is 6.31. The summed E-state index contributed by atoms with van der Waals surface area (Å²) in [5, 5.41) is 3.80. The molecule has 1 aromatic rings. The van der Waals surface area contributed by atoms with Crippen LogP contribution in [0, 0.1) is 0 Å². The third kappa shape index (κ3) is 5.53. The van der Waals surface area contributed by atoms with Crippen LogP contribution in [0.25, 0.3) is 0 Å². The van der Waals surface area contributed by atoms with Crippen LogP contribution in [0.3, 0.4) is 0 Å². The van der Waals surface area contributed by atoms with E-state index in [-0.39, 0.29) is 11.9 Å².